The SMILES string of the molecule is O=[N+]([O-])c1ccc(C2=C(S(=O)(=O)c3ccccc3)C(=C([O-])c3ccc(Br)cc3)NO2)cc1. The van der Waals surface area contributed by atoms with Crippen molar-refractivity contribution < 1.29 is 23.3 Å². The van der Waals surface area contributed by atoms with Crippen LogP contribution in [0.5, 0.6) is 0 Å². The minimum absolute atomic E-state index is 0.0252. The molecule has 1 aliphatic rings. The van der Waals surface area contributed by atoms with E-state index in [1.807, 2.05) is 0 Å². The van der Waals surface area contributed by atoms with Gasteiger partial charge in [-0.05, 0) is 42.0 Å². The fourth-order valence-electron chi connectivity index (χ4n) is 3.10. The van der Waals surface area contributed by atoms with Crippen LogP contribution in [0.25, 0.3) is 11.5 Å². The van der Waals surface area contributed by atoms with Crippen LogP contribution in [0.2, 0.25) is 0 Å². The molecular formula is C22H14BrN2O6S-. The molecule has 0 spiro atoms. The van der Waals surface area contributed by atoms with E-state index in [2.05, 4.69) is 21.4 Å². The van der Waals surface area contributed by atoms with E-state index < -0.39 is 20.5 Å². The molecule has 0 radical (unpaired) electrons. The first-order chi connectivity index (χ1) is 15.3. The molecule has 1 aliphatic heterocycles. The van der Waals surface area contributed by atoms with Crippen molar-refractivity contribution in [3.63, 3.8) is 0 Å². The maximum absolute atomic E-state index is 13.5. The average molecular weight is 514 g/mol. The first-order valence-electron chi connectivity index (χ1n) is 9.19. The van der Waals surface area contributed by atoms with Crippen molar-refractivity contribution in [3.05, 3.63) is 115 Å². The summed E-state index contributed by atoms with van der Waals surface area (Å²) in [6, 6.07) is 19.3. The Labute approximate surface area is 191 Å². The molecule has 0 aliphatic carbocycles. The van der Waals surface area contributed by atoms with Crippen molar-refractivity contribution >= 4 is 43.0 Å². The highest BCUT2D eigenvalue weighted by molar-refractivity contribution is 9.10. The van der Waals surface area contributed by atoms with E-state index in [1.54, 1.807) is 42.5 Å². The quantitative estimate of drug-likeness (QED) is 0.313. The highest BCUT2D eigenvalue weighted by atomic mass is 79.9. The molecule has 0 unspecified atom stereocenters. The molecule has 0 aromatic heterocycles. The molecule has 1 heterocycles. The Morgan fingerprint density at radius 2 is 1.56 bits per heavy atom. The number of halogens is 1. The van der Waals surface area contributed by atoms with E-state index in [0.717, 1.165) is 4.47 Å². The number of hydrogen-bond acceptors (Lipinski definition) is 7. The highest BCUT2D eigenvalue weighted by Crippen LogP contribution is 2.38. The number of rotatable bonds is 5. The third kappa shape index (κ3) is 3.97. The van der Waals surface area contributed by atoms with Gasteiger partial charge in [-0.1, -0.05) is 52.0 Å². The van der Waals surface area contributed by atoms with Crippen LogP contribution in [0, 0.1) is 10.1 Å². The molecule has 0 bridgehead atoms. The predicted molar refractivity (Wildman–Crippen MR) is 119 cm³/mol. The van der Waals surface area contributed by atoms with Crippen LogP contribution >= 0.6 is 15.9 Å². The van der Waals surface area contributed by atoms with Crippen molar-refractivity contribution in [1.82, 2.24) is 5.48 Å². The van der Waals surface area contributed by atoms with Gasteiger partial charge in [-0.15, -0.1) is 0 Å². The predicted octanol–water partition coefficient (Wildman–Crippen LogP) is 3.76. The summed E-state index contributed by atoms with van der Waals surface area (Å²) >= 11 is 3.30. The third-order valence-corrected chi connectivity index (χ3v) is 7.03. The van der Waals surface area contributed by atoms with Gasteiger partial charge < -0.3 is 9.94 Å². The van der Waals surface area contributed by atoms with E-state index in [9.17, 15) is 23.6 Å². The Bertz CT molecular complexity index is 1350. The molecule has 0 fully saturated rings. The summed E-state index contributed by atoms with van der Waals surface area (Å²) in [7, 11) is -4.18. The second-order valence-electron chi connectivity index (χ2n) is 6.69. The molecule has 162 valence electrons. The summed E-state index contributed by atoms with van der Waals surface area (Å²) < 4.78 is 27.8. The fraction of sp³-hybridized carbons (Fsp3) is 0. The van der Waals surface area contributed by atoms with E-state index >= 15 is 0 Å². The van der Waals surface area contributed by atoms with Crippen molar-refractivity contribution in [1.29, 1.82) is 0 Å². The van der Waals surface area contributed by atoms with Crippen LogP contribution in [0.4, 0.5) is 5.69 Å². The molecule has 4 rings (SSSR count). The van der Waals surface area contributed by atoms with Crippen LogP contribution in [-0.4, -0.2) is 13.3 Å². The molecular weight excluding hydrogens is 500 g/mol. The third-order valence-electron chi connectivity index (χ3n) is 4.68. The van der Waals surface area contributed by atoms with E-state index in [-0.39, 0.29) is 38.1 Å². The minimum atomic E-state index is -4.18. The number of nitro benzene ring substituents is 1. The summed E-state index contributed by atoms with van der Waals surface area (Å²) in [5.41, 5.74) is 2.55. The Kier molecular flexibility index (Phi) is 5.72. The largest absolute Gasteiger partial charge is 0.871 e. The van der Waals surface area contributed by atoms with Gasteiger partial charge >= 0.3 is 0 Å². The molecule has 3 aromatic carbocycles. The van der Waals surface area contributed by atoms with Crippen molar-refractivity contribution in [2.45, 2.75) is 4.90 Å². The highest BCUT2D eigenvalue weighted by Gasteiger charge is 2.35. The van der Waals surface area contributed by atoms with Gasteiger partial charge in [0.1, 0.15) is 4.91 Å². The number of sulfone groups is 1. The lowest BCUT2D eigenvalue weighted by Gasteiger charge is -2.17. The first-order valence-corrected chi connectivity index (χ1v) is 11.5. The normalized spacial score (nSPS) is 15.2. The Hall–Kier alpha value is -3.63. The fourth-order valence-corrected chi connectivity index (χ4v) is 4.92. The Morgan fingerprint density at radius 3 is 2.16 bits per heavy atom. The zero-order valence-corrected chi connectivity index (χ0v) is 18.6. The number of nitrogens with zero attached hydrogens (tertiary/aromatic N) is 1. The lowest BCUT2D eigenvalue weighted by Crippen LogP contribution is -2.18. The molecule has 0 saturated heterocycles. The van der Waals surface area contributed by atoms with Crippen molar-refractivity contribution in [2.75, 3.05) is 0 Å². The Balaban J connectivity index is 1.95. The van der Waals surface area contributed by atoms with E-state index in [1.165, 1.54) is 36.4 Å². The van der Waals surface area contributed by atoms with E-state index in [0.29, 0.717) is 0 Å². The van der Waals surface area contributed by atoms with Crippen LogP contribution in [-0.2, 0) is 14.7 Å². The van der Waals surface area contributed by atoms with Crippen LogP contribution < -0.4 is 10.6 Å². The van der Waals surface area contributed by atoms with Crippen LogP contribution in [0.3, 0.4) is 0 Å². The number of non-ortho nitro benzene ring substituents is 1. The molecule has 32 heavy (non-hydrogen) atoms. The van der Waals surface area contributed by atoms with Gasteiger partial charge in [0.05, 0.1) is 15.5 Å². The summed E-state index contributed by atoms with van der Waals surface area (Å²) in [5.74, 6) is -0.701. The standard InChI is InChI=1S/C22H15BrN2O6S/c23-16-10-6-14(7-11-16)20(26)19-22(32(29,30)18-4-2-1-3-5-18)21(31-24-19)15-8-12-17(13-9-15)25(27)28/h1-13,24,26H/p-1. The molecule has 0 saturated carbocycles. The van der Waals surface area contributed by atoms with Gasteiger partial charge in [0.2, 0.25) is 9.84 Å². The minimum Gasteiger partial charge on any atom is -0.871 e. The van der Waals surface area contributed by atoms with Crippen molar-refractivity contribution in [3.8, 4) is 0 Å². The zero-order chi connectivity index (χ0) is 22.9. The second kappa shape index (κ2) is 8.48. The molecule has 1 N–H and O–H groups in total. The number of hydrogen-bond donors (Lipinski definition) is 1. The number of nitrogens with one attached hydrogen (secondary N) is 1. The summed E-state index contributed by atoms with van der Waals surface area (Å²) in [4.78, 5) is 15.5. The van der Waals surface area contributed by atoms with Gasteiger partial charge in [0.15, 0.2) is 5.76 Å². The monoisotopic (exact) mass is 513 g/mol. The van der Waals surface area contributed by atoms with Gasteiger partial charge in [0.25, 0.3) is 5.69 Å². The smallest absolute Gasteiger partial charge is 0.269 e. The Morgan fingerprint density at radius 1 is 0.938 bits per heavy atom. The average Bonchev–Trinajstić information content (AvgIpc) is 3.26. The van der Waals surface area contributed by atoms with Gasteiger partial charge in [-0.3, -0.25) is 10.1 Å². The molecule has 10 heteroatoms. The molecule has 0 atom stereocenters. The first kappa shape index (κ1) is 21.6. The maximum Gasteiger partial charge on any atom is 0.269 e. The molecule has 0 amide bonds. The summed E-state index contributed by atoms with van der Waals surface area (Å²) in [5, 5.41) is 24.2. The topological polar surface area (TPSA) is 122 Å². The number of hydroxylamine groups is 1. The molecule has 8 nitrogen and oxygen atoms in total. The maximum atomic E-state index is 13.5. The van der Waals surface area contributed by atoms with Gasteiger partial charge in [0, 0.05) is 22.2 Å². The van der Waals surface area contributed by atoms with Gasteiger partial charge in [-0.2, -0.15) is 0 Å². The van der Waals surface area contributed by atoms with Crippen LogP contribution in [0.1, 0.15) is 11.1 Å². The summed E-state index contributed by atoms with van der Waals surface area (Å²) in [6.45, 7) is 0. The molecule has 3 aromatic rings. The summed E-state index contributed by atoms with van der Waals surface area (Å²) in [6.07, 6.45) is 0. The lowest BCUT2D eigenvalue weighted by atomic mass is 10.1. The van der Waals surface area contributed by atoms with Crippen molar-refractivity contribution in [2.24, 2.45) is 0 Å². The zero-order valence-electron chi connectivity index (χ0n) is 16.2. The lowest BCUT2D eigenvalue weighted by molar-refractivity contribution is -0.384. The number of benzene rings is 3. The van der Waals surface area contributed by atoms with Gasteiger partial charge in [-0.25, -0.2) is 13.9 Å². The van der Waals surface area contributed by atoms with Crippen LogP contribution in [0.15, 0.2) is 98.8 Å². The van der Waals surface area contributed by atoms with E-state index in [4.69, 9.17) is 4.84 Å². The second-order valence-corrected chi connectivity index (χ2v) is 9.50. The number of nitro groups is 1.